The predicted molar refractivity (Wildman–Crippen MR) is 205 cm³/mol. The summed E-state index contributed by atoms with van der Waals surface area (Å²) in [7, 11) is 2.11. The number of benzene rings is 4. The van der Waals surface area contributed by atoms with Crippen molar-refractivity contribution >= 4 is 11.8 Å². The third-order valence-corrected chi connectivity index (χ3v) is 9.72. The molecule has 2 amide bonds. The zero-order valence-electron chi connectivity index (χ0n) is 30.3. The molecule has 1 unspecified atom stereocenters. The second-order valence-corrected chi connectivity index (χ2v) is 13.7. The Bertz CT molecular complexity index is 1880. The van der Waals surface area contributed by atoms with Crippen molar-refractivity contribution in [2.24, 2.45) is 0 Å². The topological polar surface area (TPSA) is 113 Å². The smallest absolute Gasteiger partial charge is 0.315 e. The molecule has 0 aliphatic carbocycles. The van der Waals surface area contributed by atoms with Crippen molar-refractivity contribution in [3.8, 4) is 0 Å². The molecule has 0 saturated carbocycles. The Balaban J connectivity index is 1.18. The summed E-state index contributed by atoms with van der Waals surface area (Å²) in [4.78, 5) is 31.9. The quantitative estimate of drug-likeness (QED) is 0.111. The van der Waals surface area contributed by atoms with Crippen LogP contribution in [-0.2, 0) is 40.3 Å². The van der Waals surface area contributed by atoms with Crippen LogP contribution in [0.2, 0.25) is 0 Å². The van der Waals surface area contributed by atoms with Crippen LogP contribution in [-0.4, -0.2) is 59.1 Å². The molecule has 9 heteroatoms. The number of hydrogen-bond acceptors (Lipinski definition) is 7. The highest BCUT2D eigenvalue weighted by Crippen LogP contribution is 2.47. The summed E-state index contributed by atoms with van der Waals surface area (Å²) in [5.41, 5.74) is 6.76. The van der Waals surface area contributed by atoms with Crippen LogP contribution in [0.1, 0.15) is 64.3 Å². The second kappa shape index (κ2) is 18.5. The number of amides is 2. The molecule has 3 N–H and O–H groups in total. The van der Waals surface area contributed by atoms with Crippen molar-refractivity contribution in [3.05, 3.63) is 173 Å². The summed E-state index contributed by atoms with van der Waals surface area (Å²) in [6.07, 6.45) is 1.88. The first-order valence-corrected chi connectivity index (χ1v) is 18.2. The standard InChI is InChI=1S/C44H48N4O5/c1-31(50)39(27-32-11-5-3-6-12-32)47-44(51)46-28-33-16-22-37(23-17-33)43-52-40(29-48(2)26-24-38-15-9-10-25-45-38)41(35-13-7-4-8-14-35)42(53-43)36-20-18-34(30-49)19-21-36/h3-23,25,39-43,49H,24,26-30H2,1-2H3,(H2,46,47,51)/t39-,40-,41-,42+,43?/m1/s1. The molecule has 1 aliphatic rings. The fourth-order valence-corrected chi connectivity index (χ4v) is 6.75. The van der Waals surface area contributed by atoms with Gasteiger partial charge in [0, 0.05) is 49.4 Å². The van der Waals surface area contributed by atoms with Gasteiger partial charge in [0.25, 0.3) is 0 Å². The van der Waals surface area contributed by atoms with Gasteiger partial charge in [-0.05, 0) is 60.3 Å². The Morgan fingerprint density at radius 2 is 1.43 bits per heavy atom. The monoisotopic (exact) mass is 712 g/mol. The number of urea groups is 1. The molecular weight excluding hydrogens is 665 g/mol. The number of ketones is 1. The van der Waals surface area contributed by atoms with Gasteiger partial charge in [0.2, 0.25) is 0 Å². The van der Waals surface area contributed by atoms with Gasteiger partial charge in [-0.25, -0.2) is 4.79 Å². The van der Waals surface area contributed by atoms with E-state index in [0.717, 1.165) is 52.0 Å². The predicted octanol–water partition coefficient (Wildman–Crippen LogP) is 6.69. The highest BCUT2D eigenvalue weighted by Gasteiger charge is 2.42. The number of aromatic nitrogens is 1. The summed E-state index contributed by atoms with van der Waals surface area (Å²) in [5, 5.41) is 15.4. The number of likely N-dealkylation sites (N-methyl/N-ethyl adjacent to an activating group) is 1. The molecule has 274 valence electrons. The summed E-state index contributed by atoms with van der Waals surface area (Å²) in [6.45, 7) is 3.23. The molecule has 0 spiro atoms. The zero-order valence-corrected chi connectivity index (χ0v) is 30.3. The van der Waals surface area contributed by atoms with Gasteiger partial charge < -0.3 is 30.1 Å². The third kappa shape index (κ3) is 10.5. The number of nitrogens with one attached hydrogen (secondary N) is 2. The number of aliphatic hydroxyl groups excluding tert-OH is 1. The molecule has 4 aromatic carbocycles. The Hall–Kier alpha value is -5.19. The number of ether oxygens (including phenoxy) is 2. The van der Waals surface area contributed by atoms with E-state index in [9.17, 15) is 14.7 Å². The van der Waals surface area contributed by atoms with E-state index in [1.165, 1.54) is 6.92 Å². The average Bonchev–Trinajstić information content (AvgIpc) is 3.20. The maximum absolute atomic E-state index is 12.8. The van der Waals surface area contributed by atoms with Crippen LogP contribution in [0, 0.1) is 0 Å². The summed E-state index contributed by atoms with van der Waals surface area (Å²) >= 11 is 0. The first-order chi connectivity index (χ1) is 25.9. The van der Waals surface area contributed by atoms with E-state index in [4.69, 9.17) is 9.47 Å². The van der Waals surface area contributed by atoms with Crippen molar-refractivity contribution in [2.45, 2.75) is 63.4 Å². The molecule has 2 heterocycles. The minimum Gasteiger partial charge on any atom is -0.392 e. The molecule has 5 atom stereocenters. The lowest BCUT2D eigenvalue weighted by molar-refractivity contribution is -0.263. The van der Waals surface area contributed by atoms with E-state index in [-0.39, 0.29) is 37.1 Å². The van der Waals surface area contributed by atoms with Gasteiger partial charge in [-0.2, -0.15) is 0 Å². The number of carbonyl (C=O) groups is 2. The molecule has 9 nitrogen and oxygen atoms in total. The van der Waals surface area contributed by atoms with E-state index in [2.05, 4.69) is 39.7 Å². The van der Waals surface area contributed by atoms with Crippen molar-refractivity contribution in [2.75, 3.05) is 20.1 Å². The zero-order chi connectivity index (χ0) is 37.0. The number of carbonyl (C=O) groups excluding carboxylic acids is 2. The van der Waals surface area contributed by atoms with Crippen molar-refractivity contribution < 1.29 is 24.2 Å². The molecule has 0 radical (unpaired) electrons. The summed E-state index contributed by atoms with van der Waals surface area (Å²) in [5.74, 6) is -0.205. The Kier molecular flexibility index (Phi) is 13.1. The number of pyridine rings is 1. The fourth-order valence-electron chi connectivity index (χ4n) is 6.75. The third-order valence-electron chi connectivity index (χ3n) is 9.72. The van der Waals surface area contributed by atoms with Crippen LogP contribution in [0.5, 0.6) is 0 Å². The van der Waals surface area contributed by atoms with Gasteiger partial charge in [0.1, 0.15) is 0 Å². The summed E-state index contributed by atoms with van der Waals surface area (Å²) in [6, 6.07) is 40.8. The van der Waals surface area contributed by atoms with Crippen molar-refractivity contribution in [1.29, 1.82) is 0 Å². The first kappa shape index (κ1) is 37.6. The van der Waals surface area contributed by atoms with Crippen LogP contribution in [0.25, 0.3) is 0 Å². The molecule has 5 aromatic rings. The fraction of sp³-hybridized carbons (Fsp3) is 0.295. The lowest BCUT2D eigenvalue weighted by Crippen LogP contribution is -2.46. The summed E-state index contributed by atoms with van der Waals surface area (Å²) < 4.78 is 13.7. The maximum Gasteiger partial charge on any atom is 0.315 e. The normalized spacial score (nSPS) is 19.0. The molecular formula is C44H48N4O5. The minimum absolute atomic E-state index is 0.0305. The van der Waals surface area contributed by atoms with Crippen LogP contribution >= 0.6 is 0 Å². The number of Topliss-reactive ketones (excluding diaryl/α,β-unsaturated/α-hetero) is 1. The number of aliphatic hydroxyl groups is 1. The second-order valence-electron chi connectivity index (χ2n) is 13.7. The van der Waals surface area contributed by atoms with Crippen LogP contribution in [0.4, 0.5) is 4.79 Å². The van der Waals surface area contributed by atoms with Crippen molar-refractivity contribution in [1.82, 2.24) is 20.5 Å². The molecule has 1 fully saturated rings. The molecule has 0 bridgehead atoms. The lowest BCUT2D eigenvalue weighted by Gasteiger charge is -2.44. The van der Waals surface area contributed by atoms with E-state index in [0.29, 0.717) is 13.0 Å². The SMILES string of the molecule is CC(=O)[C@@H](Cc1ccccc1)NC(=O)NCc1ccc(C2O[C@H](CN(C)CCc3ccccn3)[C@@H](c3ccccc3)[C@H](c3ccc(CO)cc3)O2)cc1. The molecule has 6 rings (SSSR count). The lowest BCUT2D eigenvalue weighted by atomic mass is 9.83. The highest BCUT2D eigenvalue weighted by molar-refractivity contribution is 5.87. The van der Waals surface area contributed by atoms with Gasteiger partial charge in [-0.3, -0.25) is 9.78 Å². The Labute approximate surface area is 312 Å². The highest BCUT2D eigenvalue weighted by atomic mass is 16.7. The molecule has 1 aromatic heterocycles. The number of nitrogens with zero attached hydrogens (tertiary/aromatic N) is 2. The van der Waals surface area contributed by atoms with E-state index < -0.39 is 18.4 Å². The average molecular weight is 713 g/mol. The minimum atomic E-state index is -0.647. The van der Waals surface area contributed by atoms with Gasteiger partial charge in [0.05, 0.1) is 24.9 Å². The van der Waals surface area contributed by atoms with E-state index in [1.54, 1.807) is 0 Å². The van der Waals surface area contributed by atoms with Crippen molar-refractivity contribution in [3.63, 3.8) is 0 Å². The largest absolute Gasteiger partial charge is 0.392 e. The van der Waals surface area contributed by atoms with E-state index >= 15 is 0 Å². The maximum atomic E-state index is 12.8. The first-order valence-electron chi connectivity index (χ1n) is 18.2. The Morgan fingerprint density at radius 1 is 0.774 bits per heavy atom. The molecule has 1 saturated heterocycles. The van der Waals surface area contributed by atoms with Gasteiger partial charge in [0.15, 0.2) is 12.1 Å². The van der Waals surface area contributed by atoms with Crippen LogP contribution in [0.15, 0.2) is 134 Å². The number of rotatable bonds is 15. The van der Waals surface area contributed by atoms with Gasteiger partial charge in [-0.15, -0.1) is 0 Å². The number of hydrogen-bond donors (Lipinski definition) is 3. The van der Waals surface area contributed by atoms with Gasteiger partial charge >= 0.3 is 6.03 Å². The van der Waals surface area contributed by atoms with Crippen LogP contribution < -0.4 is 10.6 Å². The molecule has 53 heavy (non-hydrogen) atoms. The van der Waals surface area contributed by atoms with E-state index in [1.807, 2.05) is 121 Å². The molecule has 1 aliphatic heterocycles. The van der Waals surface area contributed by atoms with Gasteiger partial charge in [-0.1, -0.05) is 115 Å². The Morgan fingerprint density at radius 3 is 2.09 bits per heavy atom. The van der Waals surface area contributed by atoms with Crippen LogP contribution in [0.3, 0.4) is 0 Å².